The fraction of sp³-hybridized carbons (Fsp3) is 0.0667. The maximum absolute atomic E-state index is 11.5. The van der Waals surface area contributed by atoms with E-state index in [1.165, 1.54) is 6.26 Å². The highest BCUT2D eigenvalue weighted by atomic mass is 16.3. The fourth-order valence-corrected chi connectivity index (χ4v) is 1.48. The summed E-state index contributed by atoms with van der Waals surface area (Å²) in [6, 6.07) is 9.82. The van der Waals surface area contributed by atoms with Crippen LogP contribution in [0.1, 0.15) is 26.5 Å². The van der Waals surface area contributed by atoms with Crippen molar-refractivity contribution in [2.45, 2.75) is 0 Å². The van der Waals surface area contributed by atoms with Gasteiger partial charge in [-0.15, -0.1) is 0 Å². The van der Waals surface area contributed by atoms with Gasteiger partial charge in [0, 0.05) is 11.1 Å². The van der Waals surface area contributed by atoms with E-state index in [2.05, 4.69) is 17.2 Å². The third-order valence-electron chi connectivity index (χ3n) is 2.48. The fourth-order valence-electron chi connectivity index (χ4n) is 1.48. The van der Waals surface area contributed by atoms with Crippen LogP contribution in [-0.2, 0) is 0 Å². The predicted octanol–water partition coefficient (Wildman–Crippen LogP) is 1.16. The van der Waals surface area contributed by atoms with Crippen LogP contribution in [0.4, 0.5) is 0 Å². The third-order valence-corrected chi connectivity index (χ3v) is 2.48. The number of benzene rings is 1. The Bertz CT molecular complexity index is 661. The molecule has 0 radical (unpaired) electrons. The number of nitrogens with two attached hydrogens (primary N) is 1. The van der Waals surface area contributed by atoms with Crippen LogP contribution >= 0.6 is 0 Å². The Morgan fingerprint density at radius 1 is 1.20 bits per heavy atom. The molecule has 0 fully saturated rings. The van der Waals surface area contributed by atoms with E-state index in [0.717, 1.165) is 5.56 Å². The van der Waals surface area contributed by atoms with Crippen molar-refractivity contribution in [2.24, 2.45) is 5.73 Å². The highest BCUT2D eigenvalue weighted by molar-refractivity contribution is 5.93. The zero-order valence-corrected chi connectivity index (χ0v) is 10.6. The summed E-state index contributed by atoms with van der Waals surface area (Å²) in [4.78, 5) is 22.4. The lowest BCUT2D eigenvalue weighted by Gasteiger charge is -1.96. The minimum absolute atomic E-state index is 0.205. The lowest BCUT2D eigenvalue weighted by molar-refractivity contribution is 0.0930. The molecule has 0 aliphatic heterocycles. The molecule has 0 saturated heterocycles. The first-order valence-corrected chi connectivity index (χ1v) is 5.87. The van der Waals surface area contributed by atoms with Crippen molar-refractivity contribution >= 4 is 11.8 Å². The molecular formula is C15H12N2O3. The van der Waals surface area contributed by atoms with Crippen LogP contribution in [0.3, 0.4) is 0 Å². The van der Waals surface area contributed by atoms with Gasteiger partial charge in [-0.2, -0.15) is 0 Å². The molecule has 1 aromatic heterocycles. The summed E-state index contributed by atoms with van der Waals surface area (Å²) in [5, 5.41) is 2.60. The molecule has 0 aliphatic carbocycles. The minimum Gasteiger partial charge on any atom is -0.459 e. The molecule has 1 heterocycles. The monoisotopic (exact) mass is 268 g/mol. The normalized spacial score (nSPS) is 9.40. The first kappa shape index (κ1) is 13.4. The van der Waals surface area contributed by atoms with E-state index in [1.807, 2.05) is 0 Å². The van der Waals surface area contributed by atoms with Gasteiger partial charge < -0.3 is 15.5 Å². The first-order chi connectivity index (χ1) is 9.66. The zero-order valence-electron chi connectivity index (χ0n) is 10.6. The quantitative estimate of drug-likeness (QED) is 0.819. The van der Waals surface area contributed by atoms with Crippen LogP contribution in [-0.4, -0.2) is 18.4 Å². The Morgan fingerprint density at radius 2 is 1.95 bits per heavy atom. The predicted molar refractivity (Wildman–Crippen MR) is 72.9 cm³/mol. The lowest BCUT2D eigenvalue weighted by Crippen LogP contribution is -2.22. The molecule has 5 heteroatoms. The van der Waals surface area contributed by atoms with Crippen LogP contribution in [0.2, 0.25) is 0 Å². The average Bonchev–Trinajstić information content (AvgIpc) is 2.98. The Kier molecular flexibility index (Phi) is 4.20. The number of primary amides is 1. The number of carbonyl (C=O) groups excluding carboxylic acids is 2. The highest BCUT2D eigenvalue weighted by Gasteiger charge is 2.05. The minimum atomic E-state index is -0.477. The van der Waals surface area contributed by atoms with Gasteiger partial charge in [-0.3, -0.25) is 9.59 Å². The van der Waals surface area contributed by atoms with Crippen LogP contribution in [0.25, 0.3) is 0 Å². The second kappa shape index (κ2) is 6.25. The average molecular weight is 268 g/mol. The maximum atomic E-state index is 11.5. The number of amides is 2. The van der Waals surface area contributed by atoms with Crippen molar-refractivity contribution < 1.29 is 14.0 Å². The Hall–Kier alpha value is -3.00. The molecule has 0 atom stereocenters. The van der Waals surface area contributed by atoms with Crippen molar-refractivity contribution in [3.05, 3.63) is 59.5 Å². The van der Waals surface area contributed by atoms with Gasteiger partial charge in [-0.1, -0.05) is 11.8 Å². The number of hydrogen-bond donors (Lipinski definition) is 2. The van der Waals surface area contributed by atoms with Gasteiger partial charge in [0.05, 0.1) is 12.8 Å². The molecule has 0 spiro atoms. The topological polar surface area (TPSA) is 85.3 Å². The zero-order chi connectivity index (χ0) is 14.4. The van der Waals surface area contributed by atoms with Crippen LogP contribution in [0, 0.1) is 11.8 Å². The van der Waals surface area contributed by atoms with E-state index in [9.17, 15) is 9.59 Å². The standard InChI is InChI=1S/C15H12N2O3/c16-14(18)12-7-5-11(6-8-12)3-1-9-17-15(19)13-4-2-10-20-13/h2,4-8,10H,9H2,(H2,16,18)(H,17,19). The van der Waals surface area contributed by atoms with Gasteiger partial charge in [0.1, 0.15) is 0 Å². The second-order valence-corrected chi connectivity index (χ2v) is 3.90. The summed E-state index contributed by atoms with van der Waals surface area (Å²) in [5.74, 6) is 5.13. The van der Waals surface area contributed by atoms with E-state index in [-0.39, 0.29) is 18.2 Å². The Morgan fingerprint density at radius 3 is 2.55 bits per heavy atom. The number of rotatable bonds is 3. The molecule has 100 valence electrons. The number of nitrogens with one attached hydrogen (secondary N) is 1. The second-order valence-electron chi connectivity index (χ2n) is 3.90. The molecule has 20 heavy (non-hydrogen) atoms. The summed E-state index contributed by atoms with van der Waals surface area (Å²) in [6.07, 6.45) is 1.43. The molecule has 2 aromatic rings. The molecule has 5 nitrogen and oxygen atoms in total. The highest BCUT2D eigenvalue weighted by Crippen LogP contribution is 2.02. The van der Waals surface area contributed by atoms with Crippen molar-refractivity contribution in [1.82, 2.24) is 5.32 Å². The molecule has 3 N–H and O–H groups in total. The Labute approximate surface area is 115 Å². The molecule has 2 amide bonds. The Balaban J connectivity index is 1.88. The summed E-state index contributed by atoms with van der Waals surface area (Å²) in [6.45, 7) is 0.205. The van der Waals surface area contributed by atoms with Crippen molar-refractivity contribution in [3.63, 3.8) is 0 Å². The summed E-state index contributed by atoms with van der Waals surface area (Å²) in [5.41, 5.74) is 6.30. The summed E-state index contributed by atoms with van der Waals surface area (Å²) < 4.78 is 4.94. The van der Waals surface area contributed by atoms with Gasteiger partial charge >= 0.3 is 0 Å². The summed E-state index contributed by atoms with van der Waals surface area (Å²) in [7, 11) is 0. The third kappa shape index (κ3) is 3.50. The maximum Gasteiger partial charge on any atom is 0.287 e. The van der Waals surface area contributed by atoms with Crippen LogP contribution < -0.4 is 11.1 Å². The van der Waals surface area contributed by atoms with E-state index in [1.54, 1.807) is 36.4 Å². The molecule has 0 bridgehead atoms. The van der Waals surface area contributed by atoms with Gasteiger partial charge in [0.15, 0.2) is 5.76 Å². The van der Waals surface area contributed by atoms with Gasteiger partial charge in [-0.25, -0.2) is 0 Å². The lowest BCUT2D eigenvalue weighted by atomic mass is 10.1. The number of hydrogen-bond acceptors (Lipinski definition) is 3. The SMILES string of the molecule is NC(=O)c1ccc(C#CCNC(=O)c2ccco2)cc1. The number of furan rings is 1. The summed E-state index contributed by atoms with van der Waals surface area (Å²) >= 11 is 0. The smallest absolute Gasteiger partial charge is 0.287 e. The van der Waals surface area contributed by atoms with Crippen molar-refractivity contribution in [1.29, 1.82) is 0 Å². The molecule has 1 aromatic carbocycles. The van der Waals surface area contributed by atoms with E-state index in [0.29, 0.717) is 5.56 Å². The largest absolute Gasteiger partial charge is 0.459 e. The first-order valence-electron chi connectivity index (χ1n) is 5.87. The van der Waals surface area contributed by atoms with Gasteiger partial charge in [0.2, 0.25) is 5.91 Å². The molecule has 0 unspecified atom stereocenters. The van der Waals surface area contributed by atoms with Crippen molar-refractivity contribution in [2.75, 3.05) is 6.54 Å². The molecule has 0 saturated carbocycles. The van der Waals surface area contributed by atoms with Crippen molar-refractivity contribution in [3.8, 4) is 11.8 Å². The molecule has 2 rings (SSSR count). The van der Waals surface area contributed by atoms with Gasteiger partial charge in [0.25, 0.3) is 5.91 Å². The van der Waals surface area contributed by atoms with Crippen LogP contribution in [0.15, 0.2) is 47.1 Å². The van der Waals surface area contributed by atoms with E-state index < -0.39 is 5.91 Å². The molecular weight excluding hydrogens is 256 g/mol. The van der Waals surface area contributed by atoms with Gasteiger partial charge in [-0.05, 0) is 36.4 Å². The molecule has 0 aliphatic rings. The van der Waals surface area contributed by atoms with E-state index >= 15 is 0 Å². The van der Waals surface area contributed by atoms with E-state index in [4.69, 9.17) is 10.2 Å². The van der Waals surface area contributed by atoms with Crippen LogP contribution in [0.5, 0.6) is 0 Å². The number of carbonyl (C=O) groups is 2.